The molecule has 4 heterocycles. The quantitative estimate of drug-likeness (QED) is 0.571. The highest BCUT2D eigenvalue weighted by Crippen LogP contribution is 2.57. The van der Waals surface area contributed by atoms with E-state index in [9.17, 15) is 0 Å². The fourth-order valence-electron chi connectivity index (χ4n) is 5.97. The van der Waals surface area contributed by atoms with Crippen LogP contribution in [0.25, 0.3) is 0 Å². The Bertz CT molecular complexity index is 846. The maximum Gasteiger partial charge on any atom is 0.0626 e. The Kier molecular flexibility index (Phi) is 5.32. The van der Waals surface area contributed by atoms with Gasteiger partial charge in [0, 0.05) is 28.9 Å². The van der Waals surface area contributed by atoms with Crippen molar-refractivity contribution < 1.29 is 4.74 Å². The van der Waals surface area contributed by atoms with Crippen molar-refractivity contribution in [2.24, 2.45) is 11.3 Å². The third-order valence-electron chi connectivity index (χ3n) is 8.25. The first kappa shape index (κ1) is 20.7. The molecule has 162 valence electrons. The Hall–Kier alpha value is -1.23. The van der Waals surface area contributed by atoms with Crippen LogP contribution in [0.2, 0.25) is 0 Å². The minimum Gasteiger partial charge on any atom is -0.375 e. The van der Waals surface area contributed by atoms with Crippen molar-refractivity contribution in [3.8, 4) is 0 Å². The lowest BCUT2D eigenvalue weighted by atomic mass is 9.68. The normalized spacial score (nSPS) is 30.4. The maximum absolute atomic E-state index is 6.36. The van der Waals surface area contributed by atoms with Crippen LogP contribution in [-0.4, -0.2) is 35.2 Å². The molecule has 0 aromatic carbocycles. The molecule has 2 aromatic rings. The third-order valence-corrected chi connectivity index (χ3v) is 9.18. The van der Waals surface area contributed by atoms with E-state index in [1.807, 2.05) is 11.3 Å². The van der Waals surface area contributed by atoms with Crippen LogP contribution < -0.4 is 0 Å². The first-order valence-corrected chi connectivity index (χ1v) is 12.6. The Morgan fingerprint density at radius 1 is 1.17 bits per heavy atom. The third kappa shape index (κ3) is 3.87. The molecule has 1 aliphatic carbocycles. The van der Waals surface area contributed by atoms with Crippen molar-refractivity contribution in [2.75, 3.05) is 19.7 Å². The molecule has 2 saturated heterocycles. The Labute approximate surface area is 185 Å². The average molecular weight is 425 g/mol. The van der Waals surface area contributed by atoms with Gasteiger partial charge in [0.15, 0.2) is 0 Å². The Morgan fingerprint density at radius 2 is 2.03 bits per heavy atom. The monoisotopic (exact) mass is 424 g/mol. The first-order chi connectivity index (χ1) is 14.4. The van der Waals surface area contributed by atoms with Crippen molar-refractivity contribution in [1.82, 2.24) is 9.88 Å². The predicted molar refractivity (Wildman–Crippen MR) is 124 cm³/mol. The molecule has 0 radical (unpaired) electrons. The first-order valence-electron chi connectivity index (χ1n) is 11.8. The molecule has 0 amide bonds. The molecule has 3 fully saturated rings. The van der Waals surface area contributed by atoms with Gasteiger partial charge in [0.05, 0.1) is 12.2 Å². The molecule has 1 unspecified atom stereocenters. The number of ether oxygens (including phenoxy) is 1. The van der Waals surface area contributed by atoms with Crippen LogP contribution in [-0.2, 0) is 16.7 Å². The highest BCUT2D eigenvalue weighted by Gasteiger charge is 2.56. The van der Waals surface area contributed by atoms with E-state index in [2.05, 4.69) is 66.5 Å². The summed E-state index contributed by atoms with van der Waals surface area (Å²) in [6.45, 7) is 9.97. The summed E-state index contributed by atoms with van der Waals surface area (Å²) in [5.74, 6) is 0.683. The summed E-state index contributed by atoms with van der Waals surface area (Å²) >= 11 is 1.92. The summed E-state index contributed by atoms with van der Waals surface area (Å²) in [6.07, 6.45) is 11.0. The lowest BCUT2D eigenvalue weighted by Gasteiger charge is -2.45. The number of rotatable bonds is 6. The Morgan fingerprint density at radius 3 is 2.67 bits per heavy atom. The SMILES string of the molecule is Cc1ccc(C2(N3CC[C@@](CCc4cccs4)(C4CCC(C)(C)OC4)C3)CC2)cn1. The molecule has 2 atom stereocenters. The van der Waals surface area contributed by atoms with Gasteiger partial charge in [-0.3, -0.25) is 9.88 Å². The number of aromatic nitrogens is 1. The number of hydrogen-bond donors (Lipinski definition) is 0. The summed E-state index contributed by atoms with van der Waals surface area (Å²) in [5.41, 5.74) is 3.23. The number of nitrogens with zero attached hydrogens (tertiary/aromatic N) is 2. The van der Waals surface area contributed by atoms with Gasteiger partial charge in [0.1, 0.15) is 0 Å². The molecule has 3 nitrogen and oxygen atoms in total. The molecule has 3 aliphatic rings. The van der Waals surface area contributed by atoms with Gasteiger partial charge < -0.3 is 4.74 Å². The van der Waals surface area contributed by atoms with Crippen molar-refractivity contribution in [3.05, 3.63) is 52.0 Å². The smallest absolute Gasteiger partial charge is 0.0626 e. The molecular formula is C26H36N2OS. The summed E-state index contributed by atoms with van der Waals surface area (Å²) in [4.78, 5) is 8.99. The average Bonchev–Trinajstić information content (AvgIpc) is 3.16. The second-order valence-corrected chi connectivity index (χ2v) is 11.7. The van der Waals surface area contributed by atoms with E-state index in [1.54, 1.807) is 0 Å². The van der Waals surface area contributed by atoms with E-state index in [-0.39, 0.29) is 11.1 Å². The molecule has 1 saturated carbocycles. The second kappa shape index (κ2) is 7.72. The lowest BCUT2D eigenvalue weighted by Crippen LogP contribution is -2.45. The zero-order valence-electron chi connectivity index (χ0n) is 18.8. The number of pyridine rings is 1. The molecule has 0 N–H and O–H groups in total. The fourth-order valence-corrected chi connectivity index (χ4v) is 6.67. The standard InChI is InChI=1S/C26H36N2OS/c1-20-6-7-21(17-27-20)26(12-13-26)28-15-14-25(19-28,11-9-23-5-4-16-30-23)22-8-10-24(2,3)29-18-22/h4-7,16-17,22H,8-15,18-19H2,1-3H3/t22?,25-/m1/s1. The van der Waals surface area contributed by atoms with Crippen molar-refractivity contribution in [2.45, 2.75) is 76.9 Å². The molecule has 4 heteroatoms. The van der Waals surface area contributed by atoms with E-state index in [4.69, 9.17) is 4.74 Å². The number of hydrogen-bond acceptors (Lipinski definition) is 4. The van der Waals surface area contributed by atoms with E-state index < -0.39 is 0 Å². The van der Waals surface area contributed by atoms with Gasteiger partial charge in [0.25, 0.3) is 0 Å². The minimum absolute atomic E-state index is 0.0506. The van der Waals surface area contributed by atoms with Crippen LogP contribution in [0.1, 0.15) is 68.5 Å². The molecule has 2 aliphatic heterocycles. The van der Waals surface area contributed by atoms with E-state index >= 15 is 0 Å². The largest absolute Gasteiger partial charge is 0.375 e. The van der Waals surface area contributed by atoms with Gasteiger partial charge in [-0.25, -0.2) is 0 Å². The Balaban J connectivity index is 1.37. The van der Waals surface area contributed by atoms with Crippen LogP contribution in [0, 0.1) is 18.3 Å². The van der Waals surface area contributed by atoms with E-state index in [0.29, 0.717) is 11.3 Å². The summed E-state index contributed by atoms with van der Waals surface area (Å²) in [5, 5.41) is 2.22. The van der Waals surface area contributed by atoms with Gasteiger partial charge in [0.2, 0.25) is 0 Å². The van der Waals surface area contributed by atoms with Gasteiger partial charge >= 0.3 is 0 Å². The summed E-state index contributed by atoms with van der Waals surface area (Å²) in [7, 11) is 0. The van der Waals surface area contributed by atoms with Crippen LogP contribution in [0.15, 0.2) is 35.8 Å². The maximum atomic E-state index is 6.36. The lowest BCUT2D eigenvalue weighted by molar-refractivity contribution is -0.106. The van der Waals surface area contributed by atoms with Crippen LogP contribution in [0.5, 0.6) is 0 Å². The fraction of sp³-hybridized carbons (Fsp3) is 0.654. The molecular weight excluding hydrogens is 388 g/mol. The topological polar surface area (TPSA) is 25.4 Å². The summed E-state index contributed by atoms with van der Waals surface area (Å²) < 4.78 is 6.36. The van der Waals surface area contributed by atoms with E-state index in [0.717, 1.165) is 12.3 Å². The van der Waals surface area contributed by atoms with Crippen LogP contribution in [0.4, 0.5) is 0 Å². The van der Waals surface area contributed by atoms with Crippen LogP contribution in [0.3, 0.4) is 0 Å². The van der Waals surface area contributed by atoms with Gasteiger partial charge in [-0.15, -0.1) is 11.3 Å². The van der Waals surface area contributed by atoms with Gasteiger partial charge in [-0.2, -0.15) is 0 Å². The number of thiophene rings is 1. The molecule has 30 heavy (non-hydrogen) atoms. The van der Waals surface area contributed by atoms with E-state index in [1.165, 1.54) is 68.5 Å². The molecule has 2 aromatic heterocycles. The highest BCUT2D eigenvalue weighted by atomic mass is 32.1. The zero-order valence-corrected chi connectivity index (χ0v) is 19.6. The molecule has 5 rings (SSSR count). The van der Waals surface area contributed by atoms with Gasteiger partial charge in [-0.05, 0) is 107 Å². The van der Waals surface area contributed by atoms with Crippen molar-refractivity contribution in [3.63, 3.8) is 0 Å². The van der Waals surface area contributed by atoms with Crippen molar-refractivity contribution in [1.29, 1.82) is 0 Å². The number of likely N-dealkylation sites (tertiary alicyclic amines) is 1. The predicted octanol–water partition coefficient (Wildman–Crippen LogP) is 5.97. The highest BCUT2D eigenvalue weighted by molar-refractivity contribution is 7.09. The van der Waals surface area contributed by atoms with Crippen molar-refractivity contribution >= 4 is 11.3 Å². The zero-order chi connectivity index (χ0) is 20.8. The second-order valence-electron chi connectivity index (χ2n) is 10.6. The minimum atomic E-state index is 0.0506. The molecule has 0 spiro atoms. The summed E-state index contributed by atoms with van der Waals surface area (Å²) in [6, 6.07) is 9.02. The van der Waals surface area contributed by atoms with Crippen LogP contribution >= 0.6 is 11.3 Å². The number of aryl methyl sites for hydroxylation is 2. The molecule has 0 bridgehead atoms. The van der Waals surface area contributed by atoms with Gasteiger partial charge in [-0.1, -0.05) is 12.1 Å².